The number of fused-ring (bicyclic) bond motifs is 2. The van der Waals surface area contributed by atoms with Gasteiger partial charge in [0.15, 0.2) is 0 Å². The Morgan fingerprint density at radius 1 is 1.22 bits per heavy atom. The van der Waals surface area contributed by atoms with Crippen molar-refractivity contribution in [3.63, 3.8) is 0 Å². The number of amides is 1. The molecule has 3 heteroatoms. The van der Waals surface area contributed by atoms with E-state index in [2.05, 4.69) is 21.2 Å². The Bertz CT molecular complexity index is 442. The average Bonchev–Trinajstić information content (AvgIpc) is 2.94. The number of hydrogen-bond donors (Lipinski definition) is 1. The molecule has 96 valence electrons. The lowest BCUT2D eigenvalue weighted by Gasteiger charge is -2.20. The predicted molar refractivity (Wildman–Crippen MR) is 76.3 cm³/mol. The Kier molecular flexibility index (Phi) is 3.42. The van der Waals surface area contributed by atoms with Crippen LogP contribution in [-0.4, -0.2) is 5.91 Å². The number of halogens is 1. The molecular weight excluding hydrogens is 290 g/mol. The second kappa shape index (κ2) is 5.04. The maximum Gasteiger partial charge on any atom is 0.224 e. The average molecular weight is 308 g/mol. The zero-order valence-electron chi connectivity index (χ0n) is 10.4. The first-order valence-corrected chi connectivity index (χ1v) is 7.55. The summed E-state index contributed by atoms with van der Waals surface area (Å²) in [5.74, 6) is 2.56. The molecule has 2 fully saturated rings. The number of carbonyl (C=O) groups is 1. The van der Waals surface area contributed by atoms with Crippen LogP contribution in [0, 0.1) is 17.8 Å². The van der Waals surface area contributed by atoms with Crippen molar-refractivity contribution in [2.24, 2.45) is 17.8 Å². The smallest absolute Gasteiger partial charge is 0.224 e. The Labute approximate surface area is 116 Å². The van der Waals surface area contributed by atoms with Crippen LogP contribution in [0.1, 0.15) is 32.1 Å². The first-order chi connectivity index (χ1) is 8.70. The summed E-state index contributed by atoms with van der Waals surface area (Å²) in [6.45, 7) is 0. The summed E-state index contributed by atoms with van der Waals surface area (Å²) in [4.78, 5) is 12.0. The summed E-state index contributed by atoms with van der Waals surface area (Å²) in [7, 11) is 0. The van der Waals surface area contributed by atoms with E-state index >= 15 is 0 Å². The van der Waals surface area contributed by atoms with Gasteiger partial charge < -0.3 is 5.32 Å². The van der Waals surface area contributed by atoms with E-state index in [9.17, 15) is 4.79 Å². The topological polar surface area (TPSA) is 29.1 Å². The van der Waals surface area contributed by atoms with Crippen LogP contribution in [0.25, 0.3) is 0 Å². The highest BCUT2D eigenvalue weighted by atomic mass is 79.9. The van der Waals surface area contributed by atoms with Gasteiger partial charge in [0, 0.05) is 16.6 Å². The highest BCUT2D eigenvalue weighted by Crippen LogP contribution is 2.49. The van der Waals surface area contributed by atoms with Crippen LogP contribution in [0.15, 0.2) is 28.7 Å². The number of nitrogens with one attached hydrogen (secondary N) is 1. The van der Waals surface area contributed by atoms with Crippen molar-refractivity contribution >= 4 is 27.5 Å². The molecule has 0 spiro atoms. The lowest BCUT2D eigenvalue weighted by atomic mass is 9.86. The van der Waals surface area contributed by atoms with E-state index in [0.29, 0.717) is 12.3 Å². The van der Waals surface area contributed by atoms with E-state index in [1.807, 2.05) is 24.3 Å². The van der Waals surface area contributed by atoms with Crippen LogP contribution in [0.4, 0.5) is 5.69 Å². The van der Waals surface area contributed by atoms with Crippen molar-refractivity contribution < 1.29 is 4.79 Å². The number of anilines is 1. The van der Waals surface area contributed by atoms with Crippen LogP contribution in [-0.2, 0) is 4.79 Å². The van der Waals surface area contributed by atoms with Gasteiger partial charge in [0.25, 0.3) is 0 Å². The Morgan fingerprint density at radius 2 is 2.00 bits per heavy atom. The second-order valence-corrected chi connectivity index (χ2v) is 6.61. The molecule has 1 aromatic carbocycles. The standard InChI is InChI=1S/C15H18BrNO/c16-13-3-5-14(6-4-13)17-15(18)9-12-8-10-1-2-11(12)7-10/h3-6,10-12H,1-2,7-9H2,(H,17,18)/t10-,11+,12-/m0/s1. The highest BCUT2D eigenvalue weighted by Gasteiger charge is 2.40. The fraction of sp³-hybridized carbons (Fsp3) is 0.533. The van der Waals surface area contributed by atoms with E-state index in [-0.39, 0.29) is 5.91 Å². The Morgan fingerprint density at radius 3 is 2.61 bits per heavy atom. The zero-order chi connectivity index (χ0) is 12.5. The van der Waals surface area contributed by atoms with Crippen LogP contribution < -0.4 is 5.32 Å². The van der Waals surface area contributed by atoms with E-state index in [1.165, 1.54) is 25.7 Å². The quantitative estimate of drug-likeness (QED) is 0.890. The molecule has 2 nitrogen and oxygen atoms in total. The van der Waals surface area contributed by atoms with Crippen molar-refractivity contribution in [3.8, 4) is 0 Å². The van der Waals surface area contributed by atoms with Gasteiger partial charge in [-0.25, -0.2) is 0 Å². The van der Waals surface area contributed by atoms with Gasteiger partial charge in [-0.05, 0) is 61.3 Å². The molecule has 0 aliphatic heterocycles. The summed E-state index contributed by atoms with van der Waals surface area (Å²) in [5, 5.41) is 3.00. The minimum Gasteiger partial charge on any atom is -0.326 e. The molecule has 1 N–H and O–H groups in total. The first kappa shape index (κ1) is 12.2. The van der Waals surface area contributed by atoms with E-state index in [4.69, 9.17) is 0 Å². The SMILES string of the molecule is O=C(C[C@@H]1C[C@H]2CC[C@@H]1C2)Nc1ccc(Br)cc1. The molecule has 1 amide bonds. The minimum atomic E-state index is 0.176. The van der Waals surface area contributed by atoms with Crippen molar-refractivity contribution in [2.45, 2.75) is 32.1 Å². The van der Waals surface area contributed by atoms with Crippen LogP contribution >= 0.6 is 15.9 Å². The zero-order valence-corrected chi connectivity index (χ0v) is 11.9. The summed E-state index contributed by atoms with van der Waals surface area (Å²) < 4.78 is 1.04. The molecule has 3 atom stereocenters. The van der Waals surface area contributed by atoms with Gasteiger partial charge in [-0.2, -0.15) is 0 Å². The van der Waals surface area contributed by atoms with Crippen molar-refractivity contribution in [1.82, 2.24) is 0 Å². The molecular formula is C15H18BrNO. The summed E-state index contributed by atoms with van der Waals surface area (Å²) >= 11 is 3.39. The molecule has 2 aliphatic carbocycles. The molecule has 2 aliphatic rings. The molecule has 1 aromatic rings. The lowest BCUT2D eigenvalue weighted by molar-refractivity contribution is -0.117. The van der Waals surface area contributed by atoms with Crippen LogP contribution in [0.2, 0.25) is 0 Å². The Hall–Kier alpha value is -0.830. The predicted octanol–water partition coefficient (Wildman–Crippen LogP) is 4.21. The largest absolute Gasteiger partial charge is 0.326 e. The third-order valence-corrected chi connectivity index (χ3v) is 4.99. The monoisotopic (exact) mass is 307 g/mol. The van der Waals surface area contributed by atoms with Gasteiger partial charge in [0.1, 0.15) is 0 Å². The number of rotatable bonds is 3. The number of carbonyl (C=O) groups excluding carboxylic acids is 1. The molecule has 0 saturated heterocycles. The van der Waals surface area contributed by atoms with Crippen molar-refractivity contribution in [3.05, 3.63) is 28.7 Å². The van der Waals surface area contributed by atoms with Gasteiger partial charge in [0.2, 0.25) is 5.91 Å². The summed E-state index contributed by atoms with van der Waals surface area (Å²) in [6, 6.07) is 7.77. The van der Waals surface area contributed by atoms with E-state index in [1.54, 1.807) is 0 Å². The maximum atomic E-state index is 12.0. The van der Waals surface area contributed by atoms with Crippen LogP contribution in [0.3, 0.4) is 0 Å². The van der Waals surface area contributed by atoms with E-state index in [0.717, 1.165) is 22.0 Å². The molecule has 2 saturated carbocycles. The first-order valence-electron chi connectivity index (χ1n) is 6.76. The van der Waals surface area contributed by atoms with Gasteiger partial charge in [0.05, 0.1) is 0 Å². The maximum absolute atomic E-state index is 12.0. The fourth-order valence-corrected chi connectivity index (χ4v) is 3.87. The third-order valence-electron chi connectivity index (χ3n) is 4.46. The van der Waals surface area contributed by atoms with Crippen LogP contribution in [0.5, 0.6) is 0 Å². The summed E-state index contributed by atoms with van der Waals surface area (Å²) in [6.07, 6.45) is 6.10. The molecule has 18 heavy (non-hydrogen) atoms. The minimum absolute atomic E-state index is 0.176. The third kappa shape index (κ3) is 2.61. The van der Waals surface area contributed by atoms with E-state index < -0.39 is 0 Å². The lowest BCUT2D eigenvalue weighted by Crippen LogP contribution is -2.20. The molecule has 2 bridgehead atoms. The molecule has 0 aromatic heterocycles. The summed E-state index contributed by atoms with van der Waals surface area (Å²) in [5.41, 5.74) is 0.895. The Balaban J connectivity index is 1.54. The normalized spacial score (nSPS) is 29.5. The van der Waals surface area contributed by atoms with Gasteiger partial charge in [-0.3, -0.25) is 4.79 Å². The molecule has 3 rings (SSSR count). The van der Waals surface area contributed by atoms with Gasteiger partial charge in [-0.1, -0.05) is 22.4 Å². The van der Waals surface area contributed by atoms with Crippen molar-refractivity contribution in [1.29, 1.82) is 0 Å². The second-order valence-electron chi connectivity index (χ2n) is 5.69. The number of benzene rings is 1. The van der Waals surface area contributed by atoms with Crippen molar-refractivity contribution in [2.75, 3.05) is 5.32 Å². The fourth-order valence-electron chi connectivity index (χ4n) is 3.61. The molecule has 0 unspecified atom stereocenters. The number of hydrogen-bond acceptors (Lipinski definition) is 1. The van der Waals surface area contributed by atoms with Gasteiger partial charge >= 0.3 is 0 Å². The van der Waals surface area contributed by atoms with Gasteiger partial charge in [-0.15, -0.1) is 0 Å². The highest BCUT2D eigenvalue weighted by molar-refractivity contribution is 9.10. The molecule has 0 radical (unpaired) electrons. The molecule has 0 heterocycles.